The molecule has 6 heteroatoms. The van der Waals surface area contributed by atoms with Crippen molar-refractivity contribution < 1.29 is 4.79 Å². The molecule has 2 rings (SSSR count). The number of hydrogen-bond donors (Lipinski definition) is 1. The van der Waals surface area contributed by atoms with Crippen LogP contribution in [0.5, 0.6) is 0 Å². The molecule has 0 saturated carbocycles. The fourth-order valence-corrected chi connectivity index (χ4v) is 3.72. The molecule has 0 bridgehead atoms. The third-order valence-corrected chi connectivity index (χ3v) is 5.08. The van der Waals surface area contributed by atoms with E-state index in [1.807, 2.05) is 11.4 Å². The maximum Gasteiger partial charge on any atom is 0.254 e. The van der Waals surface area contributed by atoms with Gasteiger partial charge in [-0.05, 0) is 61.0 Å². The standard InChI is InChI=1S/C13H19IN2OS.ClH/c1-2-7-16(11-3-5-15-6-4-11)13(17)10-8-12(14)18-9-10;/h8-9,11,15H,2-7H2,1H3;1H. The maximum atomic E-state index is 12.6. The quantitative estimate of drug-likeness (QED) is 0.766. The first-order valence-corrected chi connectivity index (χ1v) is 8.44. The van der Waals surface area contributed by atoms with E-state index in [2.05, 4.69) is 39.7 Å². The van der Waals surface area contributed by atoms with Crippen molar-refractivity contribution in [2.24, 2.45) is 0 Å². The van der Waals surface area contributed by atoms with E-state index in [9.17, 15) is 4.79 Å². The van der Waals surface area contributed by atoms with Gasteiger partial charge in [0.05, 0.1) is 8.45 Å². The SMILES string of the molecule is CCCN(C(=O)c1csc(I)c1)C1CCNCC1.Cl. The average molecular weight is 415 g/mol. The second-order valence-electron chi connectivity index (χ2n) is 4.62. The van der Waals surface area contributed by atoms with Gasteiger partial charge >= 0.3 is 0 Å². The molecular weight excluding hydrogens is 395 g/mol. The molecule has 1 fully saturated rings. The number of nitrogens with zero attached hydrogens (tertiary/aromatic N) is 1. The molecule has 0 radical (unpaired) electrons. The molecule has 0 aromatic carbocycles. The summed E-state index contributed by atoms with van der Waals surface area (Å²) in [5.74, 6) is 0.211. The summed E-state index contributed by atoms with van der Waals surface area (Å²) < 4.78 is 1.18. The van der Waals surface area contributed by atoms with E-state index in [1.165, 1.54) is 2.88 Å². The first-order valence-electron chi connectivity index (χ1n) is 6.48. The van der Waals surface area contributed by atoms with Crippen LogP contribution in [0, 0.1) is 2.88 Å². The van der Waals surface area contributed by atoms with Crippen LogP contribution in [-0.4, -0.2) is 36.5 Å². The summed E-state index contributed by atoms with van der Waals surface area (Å²) in [5, 5.41) is 5.34. The number of rotatable bonds is 4. The normalized spacial score (nSPS) is 15.9. The van der Waals surface area contributed by atoms with Crippen LogP contribution >= 0.6 is 46.3 Å². The number of hydrogen-bond acceptors (Lipinski definition) is 3. The Morgan fingerprint density at radius 1 is 1.53 bits per heavy atom. The zero-order valence-electron chi connectivity index (χ0n) is 11.0. The first kappa shape index (κ1) is 17.2. The minimum Gasteiger partial charge on any atom is -0.336 e. The van der Waals surface area contributed by atoms with E-state index in [4.69, 9.17) is 0 Å². The molecule has 1 aliphatic rings. The van der Waals surface area contributed by atoms with Crippen molar-refractivity contribution in [1.82, 2.24) is 10.2 Å². The Hall–Kier alpha value is 0.150. The Labute approximate surface area is 138 Å². The number of carbonyl (C=O) groups is 1. The number of carbonyl (C=O) groups excluding carboxylic acids is 1. The van der Waals surface area contributed by atoms with Crippen LogP contribution in [0.4, 0.5) is 0 Å². The number of halogens is 2. The number of thiophene rings is 1. The lowest BCUT2D eigenvalue weighted by Gasteiger charge is -2.34. The summed E-state index contributed by atoms with van der Waals surface area (Å²) in [7, 11) is 0. The zero-order valence-corrected chi connectivity index (χ0v) is 14.8. The topological polar surface area (TPSA) is 32.3 Å². The summed E-state index contributed by atoms with van der Waals surface area (Å²) in [5.41, 5.74) is 0.858. The highest BCUT2D eigenvalue weighted by molar-refractivity contribution is 14.1. The predicted molar refractivity (Wildman–Crippen MR) is 91.5 cm³/mol. The van der Waals surface area contributed by atoms with Crippen molar-refractivity contribution in [2.45, 2.75) is 32.2 Å². The third kappa shape index (κ3) is 4.58. The molecule has 1 aliphatic heterocycles. The summed E-state index contributed by atoms with van der Waals surface area (Å²) >= 11 is 3.91. The van der Waals surface area contributed by atoms with Gasteiger partial charge in [0.25, 0.3) is 5.91 Å². The van der Waals surface area contributed by atoms with Gasteiger partial charge in [-0.3, -0.25) is 4.79 Å². The molecule has 108 valence electrons. The lowest BCUT2D eigenvalue weighted by molar-refractivity contribution is 0.0643. The second-order valence-corrected chi connectivity index (χ2v) is 7.42. The van der Waals surface area contributed by atoms with E-state index in [1.54, 1.807) is 11.3 Å². The molecular formula is C13H20ClIN2OS. The van der Waals surface area contributed by atoms with Gasteiger partial charge in [-0.1, -0.05) is 6.92 Å². The van der Waals surface area contributed by atoms with Gasteiger partial charge in [-0.15, -0.1) is 23.7 Å². The van der Waals surface area contributed by atoms with Crippen molar-refractivity contribution >= 4 is 52.2 Å². The van der Waals surface area contributed by atoms with Crippen LogP contribution in [0.15, 0.2) is 11.4 Å². The number of amides is 1. The van der Waals surface area contributed by atoms with Gasteiger partial charge < -0.3 is 10.2 Å². The molecule has 1 saturated heterocycles. The largest absolute Gasteiger partial charge is 0.336 e. The van der Waals surface area contributed by atoms with Crippen LogP contribution in [0.3, 0.4) is 0 Å². The van der Waals surface area contributed by atoms with Crippen molar-refractivity contribution in [2.75, 3.05) is 19.6 Å². The molecule has 0 atom stereocenters. The van der Waals surface area contributed by atoms with Crippen LogP contribution in [-0.2, 0) is 0 Å². The van der Waals surface area contributed by atoms with E-state index in [0.717, 1.165) is 44.5 Å². The number of nitrogens with one attached hydrogen (secondary N) is 1. The van der Waals surface area contributed by atoms with Crippen LogP contribution < -0.4 is 5.32 Å². The Balaban J connectivity index is 0.00000180. The average Bonchev–Trinajstić information content (AvgIpc) is 2.83. The molecule has 19 heavy (non-hydrogen) atoms. The van der Waals surface area contributed by atoms with Gasteiger partial charge in [0.15, 0.2) is 0 Å². The predicted octanol–water partition coefficient (Wildman–Crippen LogP) is 3.38. The molecule has 2 heterocycles. The first-order chi connectivity index (χ1) is 8.72. The lowest BCUT2D eigenvalue weighted by atomic mass is 10.0. The lowest BCUT2D eigenvalue weighted by Crippen LogP contribution is -2.46. The fourth-order valence-electron chi connectivity index (χ4n) is 2.40. The minimum atomic E-state index is 0. The van der Waals surface area contributed by atoms with E-state index >= 15 is 0 Å². The van der Waals surface area contributed by atoms with Gasteiger partial charge in [0, 0.05) is 18.0 Å². The highest BCUT2D eigenvalue weighted by Gasteiger charge is 2.25. The minimum absolute atomic E-state index is 0. The Kier molecular flexibility index (Phi) is 7.64. The summed E-state index contributed by atoms with van der Waals surface area (Å²) in [6, 6.07) is 2.41. The highest BCUT2D eigenvalue weighted by atomic mass is 127. The molecule has 0 spiro atoms. The van der Waals surface area contributed by atoms with E-state index < -0.39 is 0 Å². The van der Waals surface area contributed by atoms with E-state index in [-0.39, 0.29) is 18.3 Å². The smallest absolute Gasteiger partial charge is 0.254 e. The van der Waals surface area contributed by atoms with Crippen LogP contribution in [0.2, 0.25) is 0 Å². The Bertz CT molecular complexity index is 407. The molecule has 1 aromatic heterocycles. The van der Waals surface area contributed by atoms with Gasteiger partial charge in [0.1, 0.15) is 0 Å². The molecule has 0 aliphatic carbocycles. The summed E-state index contributed by atoms with van der Waals surface area (Å²) in [6.45, 7) is 5.06. The third-order valence-electron chi connectivity index (χ3n) is 3.29. The summed E-state index contributed by atoms with van der Waals surface area (Å²) in [4.78, 5) is 14.6. The second kappa shape index (κ2) is 8.44. The van der Waals surface area contributed by atoms with E-state index in [0.29, 0.717) is 6.04 Å². The van der Waals surface area contributed by atoms with Crippen molar-refractivity contribution in [3.05, 3.63) is 19.9 Å². The number of piperidine rings is 1. The zero-order chi connectivity index (χ0) is 13.0. The highest BCUT2D eigenvalue weighted by Crippen LogP contribution is 2.21. The molecule has 3 nitrogen and oxygen atoms in total. The van der Waals surface area contributed by atoms with Gasteiger partial charge in [-0.2, -0.15) is 0 Å². The Morgan fingerprint density at radius 2 is 2.21 bits per heavy atom. The van der Waals surface area contributed by atoms with Crippen molar-refractivity contribution in [3.8, 4) is 0 Å². The summed E-state index contributed by atoms with van der Waals surface area (Å²) in [6.07, 6.45) is 3.18. The monoisotopic (exact) mass is 414 g/mol. The molecule has 1 N–H and O–H groups in total. The van der Waals surface area contributed by atoms with Crippen LogP contribution in [0.1, 0.15) is 36.5 Å². The van der Waals surface area contributed by atoms with Crippen molar-refractivity contribution in [1.29, 1.82) is 0 Å². The molecule has 1 amide bonds. The maximum absolute atomic E-state index is 12.6. The van der Waals surface area contributed by atoms with Crippen LogP contribution in [0.25, 0.3) is 0 Å². The fraction of sp³-hybridized carbons (Fsp3) is 0.615. The van der Waals surface area contributed by atoms with Gasteiger partial charge in [-0.25, -0.2) is 0 Å². The van der Waals surface area contributed by atoms with Crippen molar-refractivity contribution in [3.63, 3.8) is 0 Å². The molecule has 0 unspecified atom stereocenters. The molecule has 1 aromatic rings. The Morgan fingerprint density at radius 3 is 2.74 bits per heavy atom. The van der Waals surface area contributed by atoms with Gasteiger partial charge in [0.2, 0.25) is 0 Å².